The number of hydrogen-bond acceptors (Lipinski definition) is 8. The fourth-order valence-electron chi connectivity index (χ4n) is 4.72. The number of nitrogens with one attached hydrogen (secondary N) is 3. The largest absolute Gasteiger partial charge is 0.496 e. The van der Waals surface area contributed by atoms with Crippen LogP contribution in [0.4, 0.5) is 4.39 Å². The number of para-hydroxylation sites is 1. The molecule has 2 aliphatic rings. The molecule has 1 aliphatic carbocycles. The summed E-state index contributed by atoms with van der Waals surface area (Å²) >= 11 is 1.30. The van der Waals surface area contributed by atoms with Crippen LogP contribution in [0.25, 0.3) is 11.3 Å². The number of aromatic amines is 1. The quantitative estimate of drug-likeness (QED) is 0.357. The molecular formula is C27H30FN5O5S. The Kier molecular flexibility index (Phi) is 8.62. The number of H-pyrrole nitrogens is 1. The molecule has 2 aromatic heterocycles. The summed E-state index contributed by atoms with van der Waals surface area (Å²) in [4.78, 5) is 29.9. The van der Waals surface area contributed by atoms with E-state index in [0.29, 0.717) is 61.6 Å². The molecule has 39 heavy (non-hydrogen) atoms. The molecule has 206 valence electrons. The minimum absolute atomic E-state index is 0.0376. The van der Waals surface area contributed by atoms with E-state index in [0.717, 1.165) is 17.8 Å². The summed E-state index contributed by atoms with van der Waals surface area (Å²) in [6.07, 6.45) is 4.27. The number of benzene rings is 1. The molecule has 1 atom stereocenters. The minimum atomic E-state index is -0.604. The number of hydrogen-bond donors (Lipinski definition) is 3. The fraction of sp³-hybridized carbons (Fsp3) is 0.407. The van der Waals surface area contributed by atoms with Gasteiger partial charge in [-0.1, -0.05) is 12.1 Å². The second-order valence-electron chi connectivity index (χ2n) is 9.50. The minimum Gasteiger partial charge on any atom is -0.496 e. The van der Waals surface area contributed by atoms with E-state index >= 15 is 0 Å². The number of ether oxygens (including phenoxy) is 2. The van der Waals surface area contributed by atoms with Crippen LogP contribution in [0.15, 0.2) is 42.6 Å². The number of nitrogens with zero attached hydrogens (tertiary/aromatic N) is 2. The molecule has 1 aromatic carbocycles. The predicted molar refractivity (Wildman–Crippen MR) is 143 cm³/mol. The van der Waals surface area contributed by atoms with Crippen LogP contribution >= 0.6 is 12.0 Å². The molecule has 1 saturated heterocycles. The van der Waals surface area contributed by atoms with Gasteiger partial charge in [0.2, 0.25) is 5.88 Å². The Balaban J connectivity index is 1.14. The summed E-state index contributed by atoms with van der Waals surface area (Å²) in [5, 5.41) is 13.1. The second kappa shape index (κ2) is 12.5. The Morgan fingerprint density at radius 3 is 2.54 bits per heavy atom. The van der Waals surface area contributed by atoms with Crippen LogP contribution in [0.5, 0.6) is 11.6 Å². The molecule has 2 amide bonds. The van der Waals surface area contributed by atoms with Crippen molar-refractivity contribution in [1.82, 2.24) is 25.8 Å². The topological polar surface area (TPSA) is 127 Å². The fourth-order valence-corrected chi connectivity index (χ4v) is 5.42. The van der Waals surface area contributed by atoms with E-state index < -0.39 is 11.7 Å². The summed E-state index contributed by atoms with van der Waals surface area (Å²) in [5.41, 5.74) is 1.85. The molecule has 3 N–H and O–H groups in total. The third kappa shape index (κ3) is 6.69. The Hall–Kier alpha value is -3.64. The van der Waals surface area contributed by atoms with Crippen molar-refractivity contribution in [3.8, 4) is 22.9 Å². The van der Waals surface area contributed by atoms with Crippen molar-refractivity contribution in [3.63, 3.8) is 0 Å². The van der Waals surface area contributed by atoms with Crippen LogP contribution in [0.3, 0.4) is 0 Å². The van der Waals surface area contributed by atoms with Gasteiger partial charge < -0.3 is 24.3 Å². The van der Waals surface area contributed by atoms with Gasteiger partial charge in [0, 0.05) is 24.1 Å². The van der Waals surface area contributed by atoms with Crippen molar-refractivity contribution in [1.29, 1.82) is 0 Å². The van der Waals surface area contributed by atoms with Crippen LogP contribution in [0, 0.1) is 5.82 Å². The van der Waals surface area contributed by atoms with Crippen LogP contribution in [0.2, 0.25) is 0 Å². The maximum atomic E-state index is 13.9. The van der Waals surface area contributed by atoms with Gasteiger partial charge in [0.05, 0.1) is 31.4 Å². The first-order valence-electron chi connectivity index (χ1n) is 12.9. The van der Waals surface area contributed by atoms with E-state index in [9.17, 15) is 14.0 Å². The smallest absolute Gasteiger partial charge is 0.269 e. The zero-order valence-corrected chi connectivity index (χ0v) is 22.3. The van der Waals surface area contributed by atoms with E-state index in [4.69, 9.17) is 13.7 Å². The second-order valence-corrected chi connectivity index (χ2v) is 10.3. The number of aromatic nitrogens is 3. The van der Waals surface area contributed by atoms with Gasteiger partial charge in [-0.05, 0) is 62.0 Å². The SMILES string of the molecule is COc1ccccc1-c1cc(C(=O)NC2CCC(NC(=O)c3cc(F)cnc3OC3CCOSC3)CC2)[nH]n1. The van der Waals surface area contributed by atoms with Crippen LogP contribution in [0.1, 0.15) is 53.0 Å². The first kappa shape index (κ1) is 26.9. The van der Waals surface area contributed by atoms with E-state index in [2.05, 4.69) is 25.8 Å². The summed E-state index contributed by atoms with van der Waals surface area (Å²) in [7, 11) is 1.59. The van der Waals surface area contributed by atoms with Crippen molar-refractivity contribution >= 4 is 23.9 Å². The maximum Gasteiger partial charge on any atom is 0.269 e. The third-order valence-electron chi connectivity index (χ3n) is 6.80. The summed E-state index contributed by atoms with van der Waals surface area (Å²) in [6, 6.07) is 10.2. The number of amides is 2. The van der Waals surface area contributed by atoms with Gasteiger partial charge >= 0.3 is 0 Å². The van der Waals surface area contributed by atoms with Gasteiger partial charge in [0.25, 0.3) is 11.8 Å². The van der Waals surface area contributed by atoms with Gasteiger partial charge in [-0.2, -0.15) is 5.10 Å². The Labute approximate surface area is 229 Å². The molecule has 1 aliphatic heterocycles. The highest BCUT2D eigenvalue weighted by Crippen LogP contribution is 2.29. The monoisotopic (exact) mass is 555 g/mol. The van der Waals surface area contributed by atoms with Crippen LogP contribution < -0.4 is 20.1 Å². The molecule has 1 unspecified atom stereocenters. The van der Waals surface area contributed by atoms with Gasteiger partial charge in [0.15, 0.2) is 0 Å². The average molecular weight is 556 g/mol. The molecule has 10 nitrogen and oxygen atoms in total. The normalized spacial score (nSPS) is 21.1. The number of halogens is 1. The predicted octanol–water partition coefficient (Wildman–Crippen LogP) is 3.91. The molecule has 5 rings (SSSR count). The standard InChI is InChI=1S/C27H30FN5O5S/c1-36-24-5-3-2-4-20(24)22-13-23(33-32-22)26(35)31-18-8-6-17(7-9-18)30-25(34)21-12-16(28)14-29-27(21)38-19-10-11-37-39-15-19/h2-5,12-14,17-19H,6-11,15H2,1H3,(H,30,34)(H,31,35)(H,32,33). The zero-order chi connectivity index (χ0) is 27.2. The van der Waals surface area contributed by atoms with Gasteiger partial charge in [0.1, 0.15) is 28.9 Å². The van der Waals surface area contributed by atoms with Crippen LogP contribution in [-0.4, -0.2) is 64.7 Å². The zero-order valence-electron chi connectivity index (χ0n) is 21.4. The summed E-state index contributed by atoms with van der Waals surface area (Å²) in [6.45, 7) is 0.543. The molecule has 3 aromatic rings. The lowest BCUT2D eigenvalue weighted by molar-refractivity contribution is 0.0883. The summed E-state index contributed by atoms with van der Waals surface area (Å²) < 4.78 is 30.5. The lowest BCUT2D eigenvalue weighted by Crippen LogP contribution is -2.44. The highest BCUT2D eigenvalue weighted by molar-refractivity contribution is 7.94. The molecule has 1 saturated carbocycles. The number of methoxy groups -OCH3 is 1. The van der Waals surface area contributed by atoms with Crippen molar-refractivity contribution in [3.05, 3.63) is 59.7 Å². The first-order chi connectivity index (χ1) is 19.0. The number of pyridine rings is 1. The Morgan fingerprint density at radius 1 is 1.08 bits per heavy atom. The molecular weight excluding hydrogens is 525 g/mol. The number of carbonyl (C=O) groups is 2. The van der Waals surface area contributed by atoms with Crippen molar-refractivity contribution < 1.29 is 27.6 Å². The number of rotatable bonds is 8. The van der Waals surface area contributed by atoms with Gasteiger partial charge in [-0.15, -0.1) is 0 Å². The lowest BCUT2D eigenvalue weighted by atomic mass is 9.91. The van der Waals surface area contributed by atoms with Gasteiger partial charge in [-0.3, -0.25) is 14.7 Å². The number of carbonyl (C=O) groups excluding carboxylic acids is 2. The average Bonchev–Trinajstić information content (AvgIpc) is 3.46. The Morgan fingerprint density at radius 2 is 1.82 bits per heavy atom. The van der Waals surface area contributed by atoms with Gasteiger partial charge in [-0.25, -0.2) is 9.37 Å². The van der Waals surface area contributed by atoms with Crippen molar-refractivity contribution in [2.45, 2.75) is 50.3 Å². The molecule has 2 fully saturated rings. The van der Waals surface area contributed by atoms with Crippen molar-refractivity contribution in [2.75, 3.05) is 19.5 Å². The summed E-state index contributed by atoms with van der Waals surface area (Å²) in [5.74, 6) is 0.130. The van der Waals surface area contributed by atoms with E-state index in [1.54, 1.807) is 13.2 Å². The van der Waals surface area contributed by atoms with E-state index in [1.807, 2.05) is 24.3 Å². The van der Waals surface area contributed by atoms with Crippen LogP contribution in [-0.2, 0) is 4.18 Å². The maximum absolute atomic E-state index is 13.9. The first-order valence-corrected chi connectivity index (χ1v) is 13.8. The van der Waals surface area contributed by atoms with Crippen molar-refractivity contribution in [2.24, 2.45) is 0 Å². The van der Waals surface area contributed by atoms with E-state index in [-0.39, 0.29) is 35.5 Å². The van der Waals surface area contributed by atoms with E-state index in [1.165, 1.54) is 12.0 Å². The molecule has 0 spiro atoms. The lowest BCUT2D eigenvalue weighted by Gasteiger charge is -2.29. The highest BCUT2D eigenvalue weighted by Gasteiger charge is 2.27. The molecule has 12 heteroatoms. The Bertz CT molecular complexity index is 1310. The third-order valence-corrected chi connectivity index (χ3v) is 7.65. The molecule has 0 bridgehead atoms. The molecule has 0 radical (unpaired) electrons. The molecule has 3 heterocycles. The highest BCUT2D eigenvalue weighted by atomic mass is 32.2.